The second-order valence-electron chi connectivity index (χ2n) is 5.69. The number of nitrogens with zero attached hydrogens (tertiary/aromatic N) is 2. The molecule has 0 atom stereocenters. The van der Waals surface area contributed by atoms with Crippen molar-refractivity contribution in [2.45, 2.75) is 6.92 Å². The molecule has 0 saturated carbocycles. The lowest BCUT2D eigenvalue weighted by Crippen LogP contribution is -2.18. The van der Waals surface area contributed by atoms with E-state index in [2.05, 4.69) is 10.4 Å². The lowest BCUT2D eigenvalue weighted by atomic mass is 10.2. The van der Waals surface area contributed by atoms with Crippen molar-refractivity contribution in [3.05, 3.63) is 93.4 Å². The summed E-state index contributed by atoms with van der Waals surface area (Å²) in [6.45, 7) is 2.00. The van der Waals surface area contributed by atoms with E-state index < -0.39 is 0 Å². The van der Waals surface area contributed by atoms with E-state index in [0.29, 0.717) is 10.7 Å². The third-order valence-electron chi connectivity index (χ3n) is 3.70. The number of allylic oxidation sites excluding steroid dienone is 1. The van der Waals surface area contributed by atoms with Crippen molar-refractivity contribution < 1.29 is 0 Å². The molecule has 0 fully saturated rings. The first-order chi connectivity index (χ1) is 12.6. The second-order valence-corrected chi connectivity index (χ2v) is 6.13. The minimum absolute atomic E-state index is 0.229. The average molecular weight is 365 g/mol. The molecule has 0 bridgehead atoms. The van der Waals surface area contributed by atoms with E-state index in [9.17, 15) is 4.79 Å². The van der Waals surface area contributed by atoms with Crippen molar-refractivity contribution >= 4 is 29.2 Å². The lowest BCUT2D eigenvalue weighted by molar-refractivity contribution is 0.824. The molecule has 3 aromatic rings. The van der Waals surface area contributed by atoms with Crippen molar-refractivity contribution in [1.29, 1.82) is 5.41 Å². The molecule has 6 heteroatoms. The zero-order chi connectivity index (χ0) is 18.5. The number of hydrogen-bond acceptors (Lipinski definition) is 4. The molecular formula is C20H17ClN4O. The van der Waals surface area contributed by atoms with Crippen LogP contribution in [0.4, 0.5) is 5.69 Å². The first-order valence-corrected chi connectivity index (χ1v) is 8.35. The van der Waals surface area contributed by atoms with Gasteiger partial charge in [0.1, 0.15) is 0 Å². The molecule has 0 saturated heterocycles. The molecule has 26 heavy (non-hydrogen) atoms. The molecule has 1 heterocycles. The van der Waals surface area contributed by atoms with Crippen LogP contribution in [0.3, 0.4) is 0 Å². The molecule has 0 aliphatic heterocycles. The molecule has 0 amide bonds. The predicted octanol–water partition coefficient (Wildman–Crippen LogP) is 4.30. The van der Waals surface area contributed by atoms with Gasteiger partial charge in [0, 0.05) is 29.2 Å². The maximum atomic E-state index is 12.4. The van der Waals surface area contributed by atoms with E-state index in [0.717, 1.165) is 23.2 Å². The Kier molecular flexibility index (Phi) is 5.29. The molecule has 5 nitrogen and oxygen atoms in total. The van der Waals surface area contributed by atoms with Gasteiger partial charge in [-0.1, -0.05) is 23.7 Å². The number of aromatic nitrogens is 2. The number of hydrogen-bond donors (Lipinski definition) is 2. The lowest BCUT2D eigenvalue weighted by Gasteiger charge is -2.12. The fraction of sp³-hybridized carbons (Fsp3) is 0.0500. The Morgan fingerprint density at radius 3 is 2.65 bits per heavy atom. The summed E-state index contributed by atoms with van der Waals surface area (Å²) in [4.78, 5) is 12.4. The smallest absolute Gasteiger partial charge is 0.209 e. The largest absolute Gasteiger partial charge is 0.354 e. The Morgan fingerprint density at radius 1 is 1.19 bits per heavy atom. The highest BCUT2D eigenvalue weighted by atomic mass is 35.5. The quantitative estimate of drug-likeness (QED) is 0.663. The SMILES string of the molecule is Cc1cccc(-n2ccc(=O)c(/C(=C/C=N)Nc3ccc(Cl)cc3)n2)c1. The Labute approximate surface area is 156 Å². The molecular weight excluding hydrogens is 348 g/mol. The highest BCUT2D eigenvalue weighted by Crippen LogP contribution is 2.18. The van der Waals surface area contributed by atoms with Crippen molar-refractivity contribution in [3.63, 3.8) is 0 Å². The van der Waals surface area contributed by atoms with Crippen LogP contribution in [0.1, 0.15) is 11.3 Å². The van der Waals surface area contributed by atoms with Gasteiger partial charge in [-0.05, 0) is 55.0 Å². The normalized spacial score (nSPS) is 11.2. The number of aryl methyl sites for hydroxylation is 1. The number of anilines is 1. The monoisotopic (exact) mass is 364 g/mol. The van der Waals surface area contributed by atoms with Crippen molar-refractivity contribution in [1.82, 2.24) is 9.78 Å². The molecule has 2 aromatic carbocycles. The standard InChI is InChI=1S/C20H17ClN4O/c1-14-3-2-4-17(13-14)25-12-10-19(26)20(24-25)18(9-11-22)23-16-7-5-15(21)6-8-16/h2-13,22-23H,1H3/b18-9-,22-11?. The molecule has 1 aromatic heterocycles. The third-order valence-corrected chi connectivity index (χ3v) is 3.95. The summed E-state index contributed by atoms with van der Waals surface area (Å²) >= 11 is 5.91. The average Bonchev–Trinajstić information content (AvgIpc) is 2.63. The molecule has 0 radical (unpaired) electrons. The summed E-state index contributed by atoms with van der Waals surface area (Å²) in [7, 11) is 0. The molecule has 130 valence electrons. The maximum absolute atomic E-state index is 12.4. The van der Waals surface area contributed by atoms with E-state index >= 15 is 0 Å². The Balaban J connectivity index is 2.03. The first-order valence-electron chi connectivity index (χ1n) is 7.97. The van der Waals surface area contributed by atoms with Gasteiger partial charge in [-0.2, -0.15) is 5.10 Å². The van der Waals surface area contributed by atoms with Crippen molar-refractivity contribution in [3.8, 4) is 5.69 Å². The van der Waals surface area contributed by atoms with Crippen LogP contribution in [-0.2, 0) is 0 Å². The van der Waals surface area contributed by atoms with Crippen molar-refractivity contribution in [2.75, 3.05) is 5.32 Å². The van der Waals surface area contributed by atoms with Crippen LogP contribution >= 0.6 is 11.6 Å². The van der Waals surface area contributed by atoms with Gasteiger partial charge in [-0.3, -0.25) is 4.79 Å². The molecule has 0 unspecified atom stereocenters. The summed E-state index contributed by atoms with van der Waals surface area (Å²) in [5, 5.41) is 15.6. The summed E-state index contributed by atoms with van der Waals surface area (Å²) in [6.07, 6.45) is 4.24. The van der Waals surface area contributed by atoms with Gasteiger partial charge in [0.05, 0.1) is 11.4 Å². The molecule has 0 aliphatic carbocycles. The van der Waals surface area contributed by atoms with E-state index in [1.807, 2.05) is 31.2 Å². The van der Waals surface area contributed by atoms with E-state index in [1.54, 1.807) is 35.1 Å². The van der Waals surface area contributed by atoms with Crippen LogP contribution in [0.5, 0.6) is 0 Å². The maximum Gasteiger partial charge on any atom is 0.209 e. The van der Waals surface area contributed by atoms with Crippen LogP contribution < -0.4 is 10.7 Å². The fourth-order valence-corrected chi connectivity index (χ4v) is 2.59. The number of benzene rings is 2. The van der Waals surface area contributed by atoms with Crippen LogP contribution in [-0.4, -0.2) is 16.0 Å². The number of nitrogens with one attached hydrogen (secondary N) is 2. The van der Waals surface area contributed by atoms with Gasteiger partial charge < -0.3 is 10.7 Å². The minimum atomic E-state index is -0.233. The summed E-state index contributed by atoms with van der Waals surface area (Å²) < 4.78 is 1.64. The molecule has 0 spiro atoms. The van der Waals surface area contributed by atoms with Gasteiger partial charge in [0.15, 0.2) is 5.69 Å². The molecule has 2 N–H and O–H groups in total. The Morgan fingerprint density at radius 2 is 1.96 bits per heavy atom. The van der Waals surface area contributed by atoms with Gasteiger partial charge in [0.25, 0.3) is 0 Å². The van der Waals surface area contributed by atoms with Crippen LogP contribution in [0.2, 0.25) is 5.02 Å². The topological polar surface area (TPSA) is 70.8 Å². The van der Waals surface area contributed by atoms with Crippen LogP contribution in [0, 0.1) is 12.3 Å². The van der Waals surface area contributed by atoms with Crippen LogP contribution in [0.25, 0.3) is 11.4 Å². The highest BCUT2D eigenvalue weighted by Gasteiger charge is 2.10. The highest BCUT2D eigenvalue weighted by molar-refractivity contribution is 6.30. The van der Waals surface area contributed by atoms with Gasteiger partial charge in [-0.15, -0.1) is 0 Å². The van der Waals surface area contributed by atoms with Gasteiger partial charge >= 0.3 is 0 Å². The predicted molar refractivity (Wildman–Crippen MR) is 106 cm³/mol. The van der Waals surface area contributed by atoms with Crippen molar-refractivity contribution in [2.24, 2.45) is 0 Å². The second kappa shape index (κ2) is 7.80. The summed E-state index contributed by atoms with van der Waals surface area (Å²) in [5.41, 5.74) is 3.13. The molecule has 3 rings (SSSR count). The Hall–Kier alpha value is -3.18. The minimum Gasteiger partial charge on any atom is -0.354 e. The fourth-order valence-electron chi connectivity index (χ4n) is 2.46. The zero-order valence-electron chi connectivity index (χ0n) is 14.1. The first kappa shape index (κ1) is 17.6. The van der Waals surface area contributed by atoms with E-state index in [4.69, 9.17) is 17.0 Å². The third kappa shape index (κ3) is 4.07. The van der Waals surface area contributed by atoms with Crippen LogP contribution in [0.15, 0.2) is 71.7 Å². The Bertz CT molecular complexity index is 1020. The van der Waals surface area contributed by atoms with Gasteiger partial charge in [0.2, 0.25) is 5.43 Å². The zero-order valence-corrected chi connectivity index (χ0v) is 14.9. The summed E-state index contributed by atoms with van der Waals surface area (Å²) in [5.74, 6) is 0. The summed E-state index contributed by atoms with van der Waals surface area (Å²) in [6, 6.07) is 16.4. The molecule has 0 aliphatic rings. The van der Waals surface area contributed by atoms with E-state index in [-0.39, 0.29) is 11.1 Å². The van der Waals surface area contributed by atoms with E-state index in [1.165, 1.54) is 12.1 Å². The van der Waals surface area contributed by atoms with Gasteiger partial charge in [-0.25, -0.2) is 4.68 Å². The number of rotatable bonds is 5. The number of halogens is 1.